The Morgan fingerprint density at radius 3 is 2.75 bits per heavy atom. The van der Waals surface area contributed by atoms with Gasteiger partial charge in [-0.2, -0.15) is 0 Å². The second kappa shape index (κ2) is 6.57. The number of nitrogens with two attached hydrogens (primary N) is 1. The lowest BCUT2D eigenvalue weighted by Gasteiger charge is -2.39. The molecule has 0 saturated carbocycles. The summed E-state index contributed by atoms with van der Waals surface area (Å²) in [6, 6.07) is 6.24. The van der Waals surface area contributed by atoms with E-state index in [-0.39, 0.29) is 11.6 Å². The van der Waals surface area contributed by atoms with Gasteiger partial charge in [0.15, 0.2) is 0 Å². The van der Waals surface area contributed by atoms with Gasteiger partial charge in [-0.1, -0.05) is 32.0 Å². The molecule has 1 aromatic carbocycles. The van der Waals surface area contributed by atoms with E-state index in [1.807, 2.05) is 0 Å². The van der Waals surface area contributed by atoms with Crippen LogP contribution in [0.25, 0.3) is 0 Å². The highest BCUT2D eigenvalue weighted by molar-refractivity contribution is 5.45. The second-order valence-electron chi connectivity index (χ2n) is 5.36. The van der Waals surface area contributed by atoms with E-state index in [1.165, 1.54) is 5.56 Å². The zero-order chi connectivity index (χ0) is 14.6. The molecule has 0 spiro atoms. The van der Waals surface area contributed by atoms with Gasteiger partial charge in [-0.15, -0.1) is 0 Å². The fourth-order valence-corrected chi connectivity index (χ4v) is 3.23. The number of hydrogen-bond acceptors (Lipinski definition) is 4. The average molecular weight is 278 g/mol. The zero-order valence-corrected chi connectivity index (χ0v) is 12.7. The predicted molar refractivity (Wildman–Crippen MR) is 80.6 cm³/mol. The molecule has 0 aliphatic carbocycles. The number of rotatable bonds is 6. The van der Waals surface area contributed by atoms with Crippen molar-refractivity contribution in [1.29, 1.82) is 0 Å². The van der Waals surface area contributed by atoms with Gasteiger partial charge in [0.05, 0.1) is 18.2 Å². The van der Waals surface area contributed by atoms with Gasteiger partial charge in [0.25, 0.3) is 0 Å². The van der Waals surface area contributed by atoms with Crippen LogP contribution in [0.3, 0.4) is 0 Å². The Bertz CT molecular complexity index is 436. The molecule has 0 radical (unpaired) electrons. The normalized spacial score (nSPS) is 16.4. The molecular formula is C16H26N2O2. The zero-order valence-electron chi connectivity index (χ0n) is 12.7. The van der Waals surface area contributed by atoms with Crippen LogP contribution >= 0.6 is 0 Å². The van der Waals surface area contributed by atoms with Crippen molar-refractivity contribution in [3.63, 3.8) is 0 Å². The summed E-state index contributed by atoms with van der Waals surface area (Å²) in [7, 11) is 1.76. The van der Waals surface area contributed by atoms with E-state index in [0.717, 1.165) is 43.6 Å². The van der Waals surface area contributed by atoms with Gasteiger partial charge in [-0.05, 0) is 31.2 Å². The lowest BCUT2D eigenvalue weighted by atomic mass is 9.82. The van der Waals surface area contributed by atoms with E-state index >= 15 is 0 Å². The van der Waals surface area contributed by atoms with Crippen LogP contribution in [0.4, 0.5) is 0 Å². The Hall–Kier alpha value is -1.10. The van der Waals surface area contributed by atoms with Crippen LogP contribution in [0.2, 0.25) is 0 Å². The molecule has 1 heterocycles. The summed E-state index contributed by atoms with van der Waals surface area (Å²) < 4.78 is 11.8. The summed E-state index contributed by atoms with van der Waals surface area (Å²) in [4.78, 5) is 0. The highest BCUT2D eigenvalue weighted by atomic mass is 16.5. The van der Waals surface area contributed by atoms with Crippen molar-refractivity contribution in [2.45, 2.75) is 51.2 Å². The summed E-state index contributed by atoms with van der Waals surface area (Å²) in [5.74, 6) is 6.86. The van der Waals surface area contributed by atoms with Crippen LogP contribution in [0, 0.1) is 0 Å². The fourth-order valence-electron chi connectivity index (χ4n) is 3.23. The van der Waals surface area contributed by atoms with Gasteiger partial charge in [0, 0.05) is 12.7 Å². The Morgan fingerprint density at radius 1 is 1.40 bits per heavy atom. The molecule has 0 amide bonds. The number of hydrazine groups is 1. The van der Waals surface area contributed by atoms with E-state index in [4.69, 9.17) is 15.3 Å². The largest absolute Gasteiger partial charge is 0.493 e. The van der Waals surface area contributed by atoms with E-state index in [2.05, 4.69) is 37.5 Å². The third-order valence-corrected chi connectivity index (χ3v) is 4.57. The number of para-hydroxylation sites is 1. The van der Waals surface area contributed by atoms with Gasteiger partial charge >= 0.3 is 0 Å². The first-order valence-corrected chi connectivity index (χ1v) is 7.48. The topological polar surface area (TPSA) is 56.5 Å². The molecule has 20 heavy (non-hydrogen) atoms. The van der Waals surface area contributed by atoms with Gasteiger partial charge in [0.1, 0.15) is 5.75 Å². The molecule has 1 aliphatic heterocycles. The second-order valence-corrected chi connectivity index (χ2v) is 5.36. The third kappa shape index (κ3) is 2.55. The van der Waals surface area contributed by atoms with Gasteiger partial charge in [-0.25, -0.2) is 5.43 Å². The van der Waals surface area contributed by atoms with Crippen LogP contribution in [-0.4, -0.2) is 19.3 Å². The molecule has 1 unspecified atom stereocenters. The molecule has 4 heteroatoms. The van der Waals surface area contributed by atoms with Crippen LogP contribution < -0.4 is 16.0 Å². The van der Waals surface area contributed by atoms with Gasteiger partial charge in [0.2, 0.25) is 0 Å². The predicted octanol–water partition coefficient (Wildman–Crippen LogP) is 2.72. The monoisotopic (exact) mass is 278 g/mol. The molecule has 0 bridgehead atoms. The minimum atomic E-state index is -0.315. The molecule has 1 atom stereocenters. The van der Waals surface area contributed by atoms with Crippen molar-refractivity contribution in [3.05, 3.63) is 29.3 Å². The molecule has 3 N–H and O–H groups in total. The minimum absolute atomic E-state index is 0.0736. The van der Waals surface area contributed by atoms with Gasteiger partial charge < -0.3 is 9.47 Å². The first kappa shape index (κ1) is 15.3. The maximum absolute atomic E-state index is 5.91. The lowest BCUT2D eigenvalue weighted by molar-refractivity contribution is -0.0493. The third-order valence-electron chi connectivity index (χ3n) is 4.57. The van der Waals surface area contributed by atoms with Crippen molar-refractivity contribution in [1.82, 2.24) is 5.43 Å². The number of aryl methyl sites for hydroxylation is 1. The lowest BCUT2D eigenvalue weighted by Crippen LogP contribution is -2.47. The summed E-state index contributed by atoms with van der Waals surface area (Å²) in [5, 5.41) is 0. The van der Waals surface area contributed by atoms with Crippen molar-refractivity contribution in [2.75, 3.05) is 13.7 Å². The van der Waals surface area contributed by atoms with Crippen molar-refractivity contribution < 1.29 is 9.47 Å². The van der Waals surface area contributed by atoms with Crippen molar-refractivity contribution in [3.8, 4) is 5.75 Å². The van der Waals surface area contributed by atoms with Crippen LogP contribution in [0.5, 0.6) is 5.75 Å². The first-order chi connectivity index (χ1) is 9.72. The van der Waals surface area contributed by atoms with E-state index in [0.29, 0.717) is 0 Å². The summed E-state index contributed by atoms with van der Waals surface area (Å²) in [6.07, 6.45) is 3.92. The molecule has 0 aromatic heterocycles. The molecule has 1 aromatic rings. The molecule has 4 nitrogen and oxygen atoms in total. The number of fused-ring (bicyclic) bond motifs is 1. The number of benzene rings is 1. The molecule has 112 valence electrons. The Labute approximate surface area is 121 Å². The average Bonchev–Trinajstić information content (AvgIpc) is 2.52. The Kier molecular flexibility index (Phi) is 5.02. The molecule has 0 saturated heterocycles. The smallest absolute Gasteiger partial charge is 0.127 e. The highest BCUT2D eigenvalue weighted by Gasteiger charge is 2.38. The summed E-state index contributed by atoms with van der Waals surface area (Å²) in [6.45, 7) is 5.04. The number of nitrogens with one attached hydrogen (secondary N) is 1. The van der Waals surface area contributed by atoms with Crippen molar-refractivity contribution in [2.24, 2.45) is 5.84 Å². The van der Waals surface area contributed by atoms with E-state index in [9.17, 15) is 0 Å². The molecular weight excluding hydrogens is 252 g/mol. The summed E-state index contributed by atoms with van der Waals surface area (Å²) in [5.41, 5.74) is 5.02. The quantitative estimate of drug-likeness (QED) is 0.620. The maximum atomic E-state index is 5.91. The maximum Gasteiger partial charge on any atom is 0.127 e. The van der Waals surface area contributed by atoms with Crippen LogP contribution in [0.15, 0.2) is 18.2 Å². The number of methoxy groups -OCH3 is 1. The van der Waals surface area contributed by atoms with Crippen LogP contribution in [0.1, 0.15) is 50.3 Å². The Morgan fingerprint density at radius 2 is 2.15 bits per heavy atom. The minimum Gasteiger partial charge on any atom is -0.493 e. The van der Waals surface area contributed by atoms with Gasteiger partial charge in [-0.3, -0.25) is 5.84 Å². The summed E-state index contributed by atoms with van der Waals surface area (Å²) >= 11 is 0. The van der Waals surface area contributed by atoms with Crippen molar-refractivity contribution >= 4 is 0 Å². The fraction of sp³-hybridized carbons (Fsp3) is 0.625. The van der Waals surface area contributed by atoms with E-state index < -0.39 is 0 Å². The Balaban J connectivity index is 2.46. The number of ether oxygens (including phenoxy) is 2. The first-order valence-electron chi connectivity index (χ1n) is 7.48. The molecule has 1 aliphatic rings. The standard InChI is InChI=1S/C16H26N2O2/c1-4-16(5-2,19-3)15(18-17)13-10-6-8-12-9-7-11-20-14(12)13/h6,8,10,15,18H,4-5,7,9,11,17H2,1-3H3. The van der Waals surface area contributed by atoms with E-state index in [1.54, 1.807) is 7.11 Å². The number of hydrogen-bond donors (Lipinski definition) is 2. The highest BCUT2D eigenvalue weighted by Crippen LogP contribution is 2.41. The SMILES string of the molecule is CCC(CC)(OC)C(NN)c1cccc2c1OCCC2. The van der Waals surface area contributed by atoms with Crippen LogP contribution in [-0.2, 0) is 11.2 Å². The molecule has 2 rings (SSSR count). The molecule has 0 fully saturated rings.